The molecule has 0 aliphatic rings. The average molecular weight is 361 g/mol. The molecule has 0 bridgehead atoms. The second kappa shape index (κ2) is 10.6. The Bertz CT molecular complexity index is 494. The molecule has 0 saturated heterocycles. The van der Waals surface area contributed by atoms with Gasteiger partial charge in [-0.3, -0.25) is 14.4 Å². The number of carboxylic acid groups (broad SMARTS) is 2. The summed E-state index contributed by atoms with van der Waals surface area (Å²) in [7, 11) is 0. The van der Waals surface area contributed by atoms with Crippen LogP contribution in [0.5, 0.6) is 0 Å². The molecule has 0 aromatic heterocycles. The van der Waals surface area contributed by atoms with Crippen molar-refractivity contribution in [3.8, 4) is 0 Å². The molecule has 4 atom stereocenters. The number of aliphatic hydroxyl groups is 1. The second-order valence-electron chi connectivity index (χ2n) is 6.29. The van der Waals surface area contributed by atoms with Gasteiger partial charge in [0.15, 0.2) is 0 Å². The molecule has 4 unspecified atom stereocenters. The van der Waals surface area contributed by atoms with Crippen molar-refractivity contribution in [3.63, 3.8) is 0 Å². The van der Waals surface area contributed by atoms with E-state index in [1.165, 1.54) is 6.92 Å². The molecule has 0 aliphatic carbocycles. The Morgan fingerprint density at radius 3 is 1.96 bits per heavy atom. The van der Waals surface area contributed by atoms with Gasteiger partial charge in [-0.25, -0.2) is 4.79 Å². The summed E-state index contributed by atoms with van der Waals surface area (Å²) >= 11 is 0. The summed E-state index contributed by atoms with van der Waals surface area (Å²) in [6.07, 6.45) is -1.72. The Balaban J connectivity index is 4.94. The molecule has 25 heavy (non-hydrogen) atoms. The fraction of sp³-hybridized carbons (Fsp3) is 0.733. The highest BCUT2D eigenvalue weighted by Gasteiger charge is 2.31. The molecule has 0 rings (SSSR count). The van der Waals surface area contributed by atoms with Crippen LogP contribution in [0.25, 0.3) is 0 Å². The van der Waals surface area contributed by atoms with E-state index in [9.17, 15) is 24.3 Å². The van der Waals surface area contributed by atoms with Gasteiger partial charge < -0.3 is 31.7 Å². The Kier molecular flexibility index (Phi) is 9.69. The minimum absolute atomic E-state index is 0.145. The number of aliphatic carboxylic acids is 2. The Labute approximate surface area is 145 Å². The molecule has 0 spiro atoms. The number of carbonyl (C=O) groups excluding carboxylic acids is 2. The van der Waals surface area contributed by atoms with Gasteiger partial charge >= 0.3 is 11.9 Å². The van der Waals surface area contributed by atoms with Crippen molar-refractivity contribution in [2.24, 2.45) is 11.7 Å². The van der Waals surface area contributed by atoms with Gasteiger partial charge in [0.2, 0.25) is 11.8 Å². The maximum absolute atomic E-state index is 12.2. The van der Waals surface area contributed by atoms with Gasteiger partial charge in [-0.2, -0.15) is 0 Å². The van der Waals surface area contributed by atoms with Gasteiger partial charge in [-0.1, -0.05) is 13.8 Å². The highest BCUT2D eigenvalue weighted by molar-refractivity contribution is 5.92. The molecule has 0 fully saturated rings. The zero-order valence-electron chi connectivity index (χ0n) is 14.6. The average Bonchev–Trinajstić information content (AvgIpc) is 2.46. The molecule has 2 amide bonds. The predicted octanol–water partition coefficient (Wildman–Crippen LogP) is -1.34. The highest BCUT2D eigenvalue weighted by Crippen LogP contribution is 2.05. The first kappa shape index (κ1) is 22.8. The minimum Gasteiger partial charge on any atom is -0.481 e. The van der Waals surface area contributed by atoms with E-state index in [2.05, 4.69) is 10.6 Å². The number of rotatable bonds is 11. The van der Waals surface area contributed by atoms with Crippen molar-refractivity contribution < 1.29 is 34.5 Å². The van der Waals surface area contributed by atoms with E-state index in [-0.39, 0.29) is 12.3 Å². The number of carboxylic acids is 2. The zero-order valence-corrected chi connectivity index (χ0v) is 14.6. The summed E-state index contributed by atoms with van der Waals surface area (Å²) in [5.41, 5.74) is 5.71. The molecule has 0 saturated carbocycles. The molecule has 144 valence electrons. The van der Waals surface area contributed by atoms with Crippen LogP contribution in [0.2, 0.25) is 0 Å². The largest absolute Gasteiger partial charge is 0.481 e. The molecule has 7 N–H and O–H groups in total. The summed E-state index contributed by atoms with van der Waals surface area (Å²) in [4.78, 5) is 45.9. The van der Waals surface area contributed by atoms with Crippen molar-refractivity contribution in [2.75, 3.05) is 0 Å². The third kappa shape index (κ3) is 9.01. The Morgan fingerprint density at radius 1 is 1.00 bits per heavy atom. The fourth-order valence-corrected chi connectivity index (χ4v) is 2.07. The van der Waals surface area contributed by atoms with Crippen LogP contribution in [0.3, 0.4) is 0 Å². The number of aliphatic hydroxyl groups excluding tert-OH is 1. The molecule has 10 heteroatoms. The van der Waals surface area contributed by atoms with Crippen LogP contribution in [0.1, 0.15) is 40.0 Å². The van der Waals surface area contributed by atoms with Crippen LogP contribution in [-0.4, -0.2) is 63.3 Å². The number of nitrogens with two attached hydrogens (primary N) is 1. The number of hydrogen-bond donors (Lipinski definition) is 6. The second-order valence-corrected chi connectivity index (χ2v) is 6.29. The fourth-order valence-electron chi connectivity index (χ4n) is 2.07. The van der Waals surface area contributed by atoms with E-state index in [0.29, 0.717) is 6.42 Å². The lowest BCUT2D eigenvalue weighted by Gasteiger charge is -2.24. The van der Waals surface area contributed by atoms with E-state index >= 15 is 0 Å². The molecule has 0 aromatic carbocycles. The molecule has 0 radical (unpaired) electrons. The van der Waals surface area contributed by atoms with E-state index < -0.39 is 54.4 Å². The van der Waals surface area contributed by atoms with Crippen LogP contribution < -0.4 is 16.4 Å². The van der Waals surface area contributed by atoms with Crippen molar-refractivity contribution in [1.82, 2.24) is 10.6 Å². The summed E-state index contributed by atoms with van der Waals surface area (Å²) in [6.45, 7) is 4.99. The maximum atomic E-state index is 12.2. The molecule has 10 nitrogen and oxygen atoms in total. The van der Waals surface area contributed by atoms with E-state index in [4.69, 9.17) is 15.9 Å². The predicted molar refractivity (Wildman–Crippen MR) is 87.5 cm³/mol. The standard InChI is InChI=1S/C15H27N3O7/c1-7(2)6-9(16)13(22)18-12(8(3)19)14(23)17-10(15(24)25)4-5-11(20)21/h7-10,12,19H,4-6,16H2,1-3H3,(H,17,23)(H,18,22)(H,20,21)(H,24,25). The topological polar surface area (TPSA) is 179 Å². The van der Waals surface area contributed by atoms with Gasteiger partial charge in [0.25, 0.3) is 0 Å². The molecule has 0 heterocycles. The van der Waals surface area contributed by atoms with E-state index in [0.717, 1.165) is 0 Å². The van der Waals surface area contributed by atoms with Gasteiger partial charge in [-0.15, -0.1) is 0 Å². The Morgan fingerprint density at radius 2 is 1.56 bits per heavy atom. The summed E-state index contributed by atoms with van der Waals surface area (Å²) < 4.78 is 0. The lowest BCUT2D eigenvalue weighted by atomic mass is 10.0. The third-order valence-electron chi connectivity index (χ3n) is 3.39. The monoisotopic (exact) mass is 361 g/mol. The van der Waals surface area contributed by atoms with Crippen LogP contribution in [-0.2, 0) is 19.2 Å². The lowest BCUT2D eigenvalue weighted by molar-refractivity contribution is -0.144. The molecular weight excluding hydrogens is 334 g/mol. The minimum atomic E-state index is -1.45. The lowest BCUT2D eigenvalue weighted by Crippen LogP contribution is -2.58. The van der Waals surface area contributed by atoms with Crippen LogP contribution in [0.15, 0.2) is 0 Å². The van der Waals surface area contributed by atoms with Gasteiger partial charge in [0, 0.05) is 6.42 Å². The van der Waals surface area contributed by atoms with Crippen molar-refractivity contribution >= 4 is 23.8 Å². The molecular formula is C15H27N3O7. The summed E-state index contributed by atoms with van der Waals surface area (Å²) in [6, 6.07) is -3.74. The van der Waals surface area contributed by atoms with Gasteiger partial charge in [0.05, 0.1) is 12.1 Å². The third-order valence-corrected chi connectivity index (χ3v) is 3.39. The highest BCUT2D eigenvalue weighted by atomic mass is 16.4. The van der Waals surface area contributed by atoms with Crippen LogP contribution in [0, 0.1) is 5.92 Å². The number of carbonyl (C=O) groups is 4. The number of amides is 2. The van der Waals surface area contributed by atoms with Crippen molar-refractivity contribution in [2.45, 2.75) is 64.3 Å². The van der Waals surface area contributed by atoms with Crippen LogP contribution >= 0.6 is 0 Å². The first-order valence-electron chi connectivity index (χ1n) is 7.94. The zero-order chi connectivity index (χ0) is 19.7. The van der Waals surface area contributed by atoms with Gasteiger partial charge in [0.1, 0.15) is 12.1 Å². The smallest absolute Gasteiger partial charge is 0.326 e. The van der Waals surface area contributed by atoms with Crippen molar-refractivity contribution in [1.29, 1.82) is 0 Å². The van der Waals surface area contributed by atoms with Crippen molar-refractivity contribution in [3.05, 3.63) is 0 Å². The quantitative estimate of drug-likeness (QED) is 0.261. The number of hydrogen-bond acceptors (Lipinski definition) is 6. The number of nitrogens with one attached hydrogen (secondary N) is 2. The first-order chi connectivity index (χ1) is 11.5. The normalized spacial score (nSPS) is 15.8. The molecule has 0 aromatic rings. The Hall–Kier alpha value is -2.20. The molecule has 0 aliphatic heterocycles. The van der Waals surface area contributed by atoms with E-state index in [1.54, 1.807) is 0 Å². The van der Waals surface area contributed by atoms with Crippen LogP contribution in [0.4, 0.5) is 0 Å². The summed E-state index contributed by atoms with van der Waals surface area (Å²) in [5, 5.41) is 31.8. The SMILES string of the molecule is CC(C)CC(N)C(=O)NC(C(=O)NC(CCC(=O)O)C(=O)O)C(C)O. The first-order valence-corrected chi connectivity index (χ1v) is 7.94. The van der Waals surface area contributed by atoms with Gasteiger partial charge in [-0.05, 0) is 25.7 Å². The summed E-state index contributed by atoms with van der Waals surface area (Å²) in [5.74, 6) is -4.06. The van der Waals surface area contributed by atoms with E-state index in [1.807, 2.05) is 13.8 Å². The maximum Gasteiger partial charge on any atom is 0.326 e.